The van der Waals surface area contributed by atoms with Crippen LogP contribution in [0.3, 0.4) is 0 Å². The van der Waals surface area contributed by atoms with Crippen molar-refractivity contribution in [3.63, 3.8) is 0 Å². The summed E-state index contributed by atoms with van der Waals surface area (Å²) in [5.74, 6) is 0. The number of nitrogens with zero attached hydrogens (tertiary/aromatic N) is 2. The predicted molar refractivity (Wildman–Crippen MR) is 83.0 cm³/mol. The fraction of sp³-hybridized carbons (Fsp3) is 0.438. The van der Waals surface area contributed by atoms with Gasteiger partial charge in [-0.3, -0.25) is 4.98 Å². The van der Waals surface area contributed by atoms with E-state index in [0.717, 1.165) is 41.9 Å². The molecule has 2 aromatic rings. The van der Waals surface area contributed by atoms with Crippen molar-refractivity contribution < 1.29 is 4.74 Å². The number of nitrogens with two attached hydrogens (primary N) is 1. The van der Waals surface area contributed by atoms with Crippen molar-refractivity contribution in [2.75, 3.05) is 30.8 Å². The summed E-state index contributed by atoms with van der Waals surface area (Å²) >= 11 is 0. The summed E-state index contributed by atoms with van der Waals surface area (Å²) in [5.41, 5.74) is 8.91. The Morgan fingerprint density at radius 3 is 3.00 bits per heavy atom. The Bertz CT molecular complexity index is 593. The van der Waals surface area contributed by atoms with Gasteiger partial charge in [0.1, 0.15) is 0 Å². The number of hydrogen-bond acceptors (Lipinski definition) is 4. The first-order valence-corrected chi connectivity index (χ1v) is 7.21. The maximum Gasteiger partial charge on any atom is 0.0749 e. The number of hydrogen-bond donors (Lipinski definition) is 1. The van der Waals surface area contributed by atoms with Crippen LogP contribution in [0.2, 0.25) is 0 Å². The summed E-state index contributed by atoms with van der Waals surface area (Å²) in [7, 11) is 2.08. The zero-order valence-electron chi connectivity index (χ0n) is 11.9. The minimum atomic E-state index is 0.306. The number of rotatable bonds is 3. The summed E-state index contributed by atoms with van der Waals surface area (Å²) in [6.07, 6.45) is 5.62. The van der Waals surface area contributed by atoms with Crippen LogP contribution in [0.4, 0.5) is 11.4 Å². The fourth-order valence-electron chi connectivity index (χ4n) is 2.92. The normalized spacial score (nSPS) is 19.1. The lowest BCUT2D eigenvalue weighted by Gasteiger charge is -2.29. The lowest BCUT2D eigenvalue weighted by Crippen LogP contribution is -2.33. The van der Waals surface area contributed by atoms with Gasteiger partial charge in [0.25, 0.3) is 0 Å². The Labute approximate surface area is 119 Å². The predicted octanol–water partition coefficient (Wildman–Crippen LogP) is 2.82. The molecule has 2 N–H and O–H groups in total. The largest absolute Gasteiger partial charge is 0.396 e. The summed E-state index contributed by atoms with van der Waals surface area (Å²) in [5, 5.41) is 1.10. The van der Waals surface area contributed by atoms with Crippen LogP contribution in [0, 0.1) is 0 Å². The number of pyridine rings is 1. The molecular weight excluding hydrogens is 250 g/mol. The van der Waals surface area contributed by atoms with E-state index in [9.17, 15) is 0 Å². The number of para-hydroxylation sites is 1. The van der Waals surface area contributed by atoms with Crippen LogP contribution in [0.5, 0.6) is 0 Å². The number of fused-ring (bicyclic) bond motifs is 1. The van der Waals surface area contributed by atoms with Crippen molar-refractivity contribution in [1.29, 1.82) is 0 Å². The molecule has 1 atom stereocenters. The van der Waals surface area contributed by atoms with Gasteiger partial charge in [0.15, 0.2) is 0 Å². The van der Waals surface area contributed by atoms with Gasteiger partial charge >= 0.3 is 0 Å². The highest BCUT2D eigenvalue weighted by atomic mass is 16.5. The second-order valence-corrected chi connectivity index (χ2v) is 5.45. The van der Waals surface area contributed by atoms with E-state index < -0.39 is 0 Å². The third-order valence-corrected chi connectivity index (χ3v) is 3.91. The van der Waals surface area contributed by atoms with Gasteiger partial charge in [-0.15, -0.1) is 0 Å². The highest BCUT2D eigenvalue weighted by Crippen LogP contribution is 2.31. The van der Waals surface area contributed by atoms with Crippen LogP contribution in [0.1, 0.15) is 19.3 Å². The molecule has 0 bridgehead atoms. The molecule has 1 aliphatic heterocycles. The van der Waals surface area contributed by atoms with Crippen LogP contribution in [-0.2, 0) is 4.74 Å². The Morgan fingerprint density at radius 2 is 2.20 bits per heavy atom. The van der Waals surface area contributed by atoms with Gasteiger partial charge in [0.05, 0.1) is 29.2 Å². The second kappa shape index (κ2) is 5.67. The molecule has 106 valence electrons. The minimum Gasteiger partial charge on any atom is -0.396 e. The van der Waals surface area contributed by atoms with Crippen LogP contribution in [0.15, 0.2) is 30.5 Å². The van der Waals surface area contributed by atoms with Crippen molar-refractivity contribution in [2.45, 2.75) is 25.4 Å². The Balaban J connectivity index is 1.89. The molecule has 1 aliphatic rings. The van der Waals surface area contributed by atoms with Gasteiger partial charge in [0.2, 0.25) is 0 Å². The Hall–Kier alpha value is -1.81. The van der Waals surface area contributed by atoms with Crippen molar-refractivity contribution in [3.05, 3.63) is 30.5 Å². The lowest BCUT2D eigenvalue weighted by atomic mass is 10.1. The molecular formula is C16H21N3O. The fourth-order valence-corrected chi connectivity index (χ4v) is 2.92. The number of anilines is 2. The van der Waals surface area contributed by atoms with Gasteiger partial charge in [0, 0.05) is 25.6 Å². The summed E-state index contributed by atoms with van der Waals surface area (Å²) in [4.78, 5) is 6.59. The van der Waals surface area contributed by atoms with E-state index in [1.165, 1.54) is 12.8 Å². The van der Waals surface area contributed by atoms with Crippen molar-refractivity contribution in [3.8, 4) is 0 Å². The SMILES string of the molecule is CN(CC1CCCCO1)c1c(N)cnc2ccccc12. The Morgan fingerprint density at radius 1 is 1.35 bits per heavy atom. The van der Waals surface area contributed by atoms with E-state index in [-0.39, 0.29) is 0 Å². The van der Waals surface area contributed by atoms with Crippen molar-refractivity contribution >= 4 is 22.3 Å². The quantitative estimate of drug-likeness (QED) is 0.932. The van der Waals surface area contributed by atoms with Gasteiger partial charge in [-0.05, 0) is 25.3 Å². The molecule has 0 spiro atoms. The first-order chi connectivity index (χ1) is 9.75. The molecule has 0 amide bonds. The molecule has 1 fully saturated rings. The van der Waals surface area contributed by atoms with Crippen LogP contribution in [-0.4, -0.2) is 31.3 Å². The summed E-state index contributed by atoms with van der Waals surface area (Å²) in [6.45, 7) is 1.75. The summed E-state index contributed by atoms with van der Waals surface area (Å²) in [6, 6.07) is 8.12. The molecule has 1 saturated heterocycles. The van der Waals surface area contributed by atoms with Crippen molar-refractivity contribution in [1.82, 2.24) is 4.98 Å². The van der Waals surface area contributed by atoms with Gasteiger partial charge in [-0.25, -0.2) is 0 Å². The van der Waals surface area contributed by atoms with Crippen molar-refractivity contribution in [2.24, 2.45) is 0 Å². The number of benzene rings is 1. The number of nitrogen functional groups attached to an aromatic ring is 1. The van der Waals surface area contributed by atoms with Gasteiger partial charge < -0.3 is 15.4 Å². The molecule has 0 aliphatic carbocycles. The molecule has 4 nitrogen and oxygen atoms in total. The maximum atomic E-state index is 6.15. The van der Waals surface area contributed by atoms with Crippen LogP contribution in [0.25, 0.3) is 10.9 Å². The average Bonchev–Trinajstić information content (AvgIpc) is 2.48. The Kier molecular flexibility index (Phi) is 3.74. The highest BCUT2D eigenvalue weighted by Gasteiger charge is 2.18. The van der Waals surface area contributed by atoms with Gasteiger partial charge in [-0.2, -0.15) is 0 Å². The molecule has 1 unspecified atom stereocenters. The molecule has 2 heterocycles. The molecule has 0 radical (unpaired) electrons. The molecule has 1 aromatic carbocycles. The second-order valence-electron chi connectivity index (χ2n) is 5.45. The zero-order valence-corrected chi connectivity index (χ0v) is 11.9. The average molecular weight is 271 g/mol. The monoisotopic (exact) mass is 271 g/mol. The van der Waals surface area contributed by atoms with Crippen LogP contribution >= 0.6 is 0 Å². The lowest BCUT2D eigenvalue weighted by molar-refractivity contribution is 0.0216. The van der Waals surface area contributed by atoms with E-state index in [1.54, 1.807) is 6.20 Å². The number of likely N-dealkylation sites (N-methyl/N-ethyl adjacent to an activating group) is 1. The van der Waals surface area contributed by atoms with Crippen LogP contribution < -0.4 is 10.6 Å². The van der Waals surface area contributed by atoms with E-state index in [1.807, 2.05) is 18.2 Å². The zero-order chi connectivity index (χ0) is 13.9. The molecule has 20 heavy (non-hydrogen) atoms. The standard InChI is InChI=1S/C16H21N3O/c1-19(11-12-6-4-5-9-20-12)16-13-7-2-3-8-15(13)18-10-14(16)17/h2-3,7-8,10,12H,4-6,9,11,17H2,1H3. The third-order valence-electron chi connectivity index (χ3n) is 3.91. The number of ether oxygens (including phenoxy) is 1. The van der Waals surface area contributed by atoms with Gasteiger partial charge in [-0.1, -0.05) is 18.2 Å². The molecule has 1 aromatic heterocycles. The van der Waals surface area contributed by atoms with E-state index >= 15 is 0 Å². The molecule has 3 rings (SSSR count). The summed E-state index contributed by atoms with van der Waals surface area (Å²) < 4.78 is 5.82. The highest BCUT2D eigenvalue weighted by molar-refractivity contribution is 5.97. The first-order valence-electron chi connectivity index (χ1n) is 7.21. The molecule has 0 saturated carbocycles. The number of aromatic nitrogens is 1. The van der Waals surface area contributed by atoms with E-state index in [2.05, 4.69) is 23.0 Å². The van der Waals surface area contributed by atoms with E-state index in [0.29, 0.717) is 6.10 Å². The third kappa shape index (κ3) is 2.56. The minimum absolute atomic E-state index is 0.306. The maximum absolute atomic E-state index is 6.15. The first kappa shape index (κ1) is 13.2. The van der Waals surface area contributed by atoms with E-state index in [4.69, 9.17) is 10.5 Å². The smallest absolute Gasteiger partial charge is 0.0749 e. The molecule has 4 heteroatoms. The topological polar surface area (TPSA) is 51.4 Å².